The zero-order chi connectivity index (χ0) is 14.9. The quantitative estimate of drug-likeness (QED) is 0.555. The van der Waals surface area contributed by atoms with Crippen molar-refractivity contribution in [1.82, 2.24) is 0 Å². The van der Waals surface area contributed by atoms with E-state index in [0.717, 1.165) is 9.26 Å². The Labute approximate surface area is 142 Å². The molecule has 0 spiro atoms. The molecule has 3 heteroatoms. The highest BCUT2D eigenvalue weighted by atomic mass is 127. The molecule has 0 heterocycles. The van der Waals surface area contributed by atoms with Crippen LogP contribution in [0, 0.1) is 9.39 Å². The van der Waals surface area contributed by atoms with E-state index in [1.165, 1.54) is 70.6 Å². The van der Waals surface area contributed by atoms with Gasteiger partial charge in [-0.2, -0.15) is 0 Å². The van der Waals surface area contributed by atoms with E-state index >= 15 is 0 Å². The molecular weight excluding hydrogens is 376 g/mol. The normalized spacial score (nSPS) is 19.5. The summed E-state index contributed by atoms with van der Waals surface area (Å²) in [4.78, 5) is 0. The largest absolute Gasteiger partial charge is 0.381 e. The van der Waals surface area contributed by atoms with Crippen molar-refractivity contribution < 1.29 is 4.39 Å². The van der Waals surface area contributed by atoms with Crippen LogP contribution in [0.15, 0.2) is 18.2 Å². The first kappa shape index (κ1) is 17.0. The molecule has 1 saturated carbocycles. The van der Waals surface area contributed by atoms with Gasteiger partial charge in [0.15, 0.2) is 0 Å². The number of halogens is 2. The first-order valence-corrected chi connectivity index (χ1v) is 9.55. The number of nitrogens with one attached hydrogen (secondary N) is 1. The van der Waals surface area contributed by atoms with E-state index in [4.69, 9.17) is 0 Å². The van der Waals surface area contributed by atoms with Crippen molar-refractivity contribution in [3.05, 3.63) is 27.6 Å². The van der Waals surface area contributed by atoms with Crippen LogP contribution >= 0.6 is 22.6 Å². The fourth-order valence-electron chi connectivity index (χ4n) is 3.13. The molecule has 2 rings (SSSR count). The Kier molecular flexibility index (Phi) is 7.83. The predicted octanol–water partition coefficient (Wildman–Crippen LogP) is 6.52. The summed E-state index contributed by atoms with van der Waals surface area (Å²) in [6.45, 7) is 0. The lowest BCUT2D eigenvalue weighted by Gasteiger charge is -2.21. The molecule has 118 valence electrons. The van der Waals surface area contributed by atoms with Gasteiger partial charge >= 0.3 is 0 Å². The van der Waals surface area contributed by atoms with Crippen LogP contribution in [0.25, 0.3) is 0 Å². The molecule has 1 N–H and O–H groups in total. The second-order valence-corrected chi connectivity index (χ2v) is 7.39. The molecule has 0 bridgehead atoms. The van der Waals surface area contributed by atoms with Crippen LogP contribution in [0.5, 0.6) is 0 Å². The number of hydrogen-bond acceptors (Lipinski definition) is 1. The van der Waals surface area contributed by atoms with Gasteiger partial charge in [-0.05, 0) is 53.6 Å². The van der Waals surface area contributed by atoms with Gasteiger partial charge in [-0.3, -0.25) is 0 Å². The minimum atomic E-state index is -0.149. The zero-order valence-corrected chi connectivity index (χ0v) is 15.0. The third-order valence-corrected chi connectivity index (χ3v) is 5.29. The highest BCUT2D eigenvalue weighted by Crippen LogP contribution is 2.24. The lowest BCUT2D eigenvalue weighted by Crippen LogP contribution is -2.20. The van der Waals surface area contributed by atoms with Crippen molar-refractivity contribution in [1.29, 1.82) is 0 Å². The van der Waals surface area contributed by atoms with E-state index in [1.807, 2.05) is 6.07 Å². The van der Waals surface area contributed by atoms with Crippen LogP contribution in [0.4, 0.5) is 10.1 Å². The Hall–Kier alpha value is -0.320. The summed E-state index contributed by atoms with van der Waals surface area (Å²) < 4.78 is 14.2. The third kappa shape index (κ3) is 6.54. The fourth-order valence-corrected chi connectivity index (χ4v) is 3.77. The third-order valence-electron chi connectivity index (χ3n) is 4.40. The van der Waals surface area contributed by atoms with Gasteiger partial charge in [0.1, 0.15) is 5.82 Å². The van der Waals surface area contributed by atoms with Crippen molar-refractivity contribution >= 4 is 28.3 Å². The summed E-state index contributed by atoms with van der Waals surface area (Å²) in [5.41, 5.74) is 1.09. The molecule has 0 saturated heterocycles. The monoisotopic (exact) mass is 403 g/mol. The summed E-state index contributed by atoms with van der Waals surface area (Å²) in [5, 5.41) is 3.65. The van der Waals surface area contributed by atoms with Gasteiger partial charge in [0, 0.05) is 15.3 Å². The van der Waals surface area contributed by atoms with Gasteiger partial charge in [0.25, 0.3) is 0 Å². The molecule has 0 amide bonds. The van der Waals surface area contributed by atoms with Crippen LogP contribution in [-0.4, -0.2) is 6.04 Å². The maximum Gasteiger partial charge on any atom is 0.124 e. The summed E-state index contributed by atoms with van der Waals surface area (Å²) in [7, 11) is 0. The smallest absolute Gasteiger partial charge is 0.124 e. The average molecular weight is 403 g/mol. The topological polar surface area (TPSA) is 12.0 Å². The predicted molar refractivity (Wildman–Crippen MR) is 97.3 cm³/mol. The Morgan fingerprint density at radius 3 is 1.90 bits per heavy atom. The van der Waals surface area contributed by atoms with Gasteiger partial charge in [0.2, 0.25) is 0 Å². The van der Waals surface area contributed by atoms with Crippen molar-refractivity contribution in [3.63, 3.8) is 0 Å². The molecule has 21 heavy (non-hydrogen) atoms. The maximum absolute atomic E-state index is 13.2. The highest BCUT2D eigenvalue weighted by molar-refractivity contribution is 14.1. The minimum Gasteiger partial charge on any atom is -0.381 e. The van der Waals surface area contributed by atoms with E-state index in [9.17, 15) is 4.39 Å². The summed E-state index contributed by atoms with van der Waals surface area (Å²) in [5.74, 6) is -0.149. The van der Waals surface area contributed by atoms with Gasteiger partial charge in [0.05, 0.1) is 0 Å². The van der Waals surface area contributed by atoms with Gasteiger partial charge in [-0.15, -0.1) is 0 Å². The molecule has 1 fully saturated rings. The lowest BCUT2D eigenvalue weighted by atomic mass is 9.98. The molecule has 0 atom stereocenters. The molecule has 1 nitrogen and oxygen atoms in total. The average Bonchev–Trinajstić information content (AvgIpc) is 2.44. The maximum atomic E-state index is 13.2. The fraction of sp³-hybridized carbons (Fsp3) is 0.667. The summed E-state index contributed by atoms with van der Waals surface area (Å²) >= 11 is 2.22. The first-order chi connectivity index (χ1) is 10.3. The summed E-state index contributed by atoms with van der Waals surface area (Å²) in [6.07, 6.45) is 14.9. The van der Waals surface area contributed by atoms with Crippen molar-refractivity contribution in [2.45, 2.75) is 76.7 Å². The van der Waals surface area contributed by atoms with Crippen LogP contribution < -0.4 is 5.32 Å². The number of rotatable bonds is 2. The van der Waals surface area contributed by atoms with Gasteiger partial charge < -0.3 is 5.32 Å². The van der Waals surface area contributed by atoms with E-state index in [0.29, 0.717) is 6.04 Å². The summed E-state index contributed by atoms with van der Waals surface area (Å²) in [6, 6.07) is 5.59. The molecule has 0 aliphatic heterocycles. The second kappa shape index (κ2) is 9.65. The standard InChI is InChI=1S/C18H27FIN/c19-15-12-13-18(17(20)14-15)21-16-10-8-6-4-2-1-3-5-7-9-11-16/h12-14,16,21H,1-11H2. The van der Waals surface area contributed by atoms with Crippen LogP contribution in [-0.2, 0) is 0 Å². The molecule has 1 aromatic rings. The number of benzene rings is 1. The Balaban J connectivity index is 1.90. The van der Waals surface area contributed by atoms with Gasteiger partial charge in [-0.25, -0.2) is 4.39 Å². The molecule has 1 aliphatic rings. The molecule has 0 unspecified atom stereocenters. The van der Waals surface area contributed by atoms with E-state index < -0.39 is 0 Å². The molecular formula is C18H27FIN. The minimum absolute atomic E-state index is 0.149. The molecule has 0 radical (unpaired) electrons. The van der Waals surface area contributed by atoms with E-state index in [-0.39, 0.29) is 5.82 Å². The van der Waals surface area contributed by atoms with Crippen molar-refractivity contribution in [2.24, 2.45) is 0 Å². The zero-order valence-electron chi connectivity index (χ0n) is 12.8. The SMILES string of the molecule is Fc1ccc(NC2CCCCCCCCCCC2)c(I)c1. The Morgan fingerprint density at radius 2 is 1.38 bits per heavy atom. The molecule has 0 aromatic heterocycles. The van der Waals surface area contributed by atoms with Crippen LogP contribution in [0.2, 0.25) is 0 Å². The first-order valence-electron chi connectivity index (χ1n) is 8.47. The lowest BCUT2D eigenvalue weighted by molar-refractivity contribution is 0.480. The highest BCUT2D eigenvalue weighted by Gasteiger charge is 2.11. The molecule has 1 aliphatic carbocycles. The van der Waals surface area contributed by atoms with E-state index in [1.54, 1.807) is 12.1 Å². The molecule has 1 aromatic carbocycles. The van der Waals surface area contributed by atoms with Crippen LogP contribution in [0.1, 0.15) is 70.6 Å². The second-order valence-electron chi connectivity index (χ2n) is 6.22. The number of anilines is 1. The number of hydrogen-bond donors (Lipinski definition) is 1. The Morgan fingerprint density at radius 1 is 0.857 bits per heavy atom. The van der Waals surface area contributed by atoms with Crippen LogP contribution in [0.3, 0.4) is 0 Å². The Bertz CT molecular complexity index is 410. The van der Waals surface area contributed by atoms with Crippen molar-refractivity contribution in [2.75, 3.05) is 5.32 Å². The van der Waals surface area contributed by atoms with E-state index in [2.05, 4.69) is 27.9 Å². The van der Waals surface area contributed by atoms with Gasteiger partial charge in [-0.1, -0.05) is 57.8 Å². The van der Waals surface area contributed by atoms with Crippen molar-refractivity contribution in [3.8, 4) is 0 Å².